The van der Waals surface area contributed by atoms with Crippen LogP contribution in [0, 0.1) is 0 Å². The Morgan fingerprint density at radius 1 is 1.45 bits per heavy atom. The standard InChI is InChI=1S/C14H18Cl2N2OS/c1-10(20(2)19)7-9-18-13(6-8-15)17-12-5-3-4-11(16)14(12)18/h3-5,10H,6-9H2,1-2H3. The number of benzene rings is 1. The molecule has 110 valence electrons. The number of aryl methyl sites for hydroxylation is 2. The summed E-state index contributed by atoms with van der Waals surface area (Å²) in [4.78, 5) is 4.60. The van der Waals surface area contributed by atoms with Crippen LogP contribution >= 0.6 is 23.2 Å². The van der Waals surface area contributed by atoms with Crippen LogP contribution in [0.2, 0.25) is 5.02 Å². The number of hydrogen-bond acceptors (Lipinski definition) is 2. The summed E-state index contributed by atoms with van der Waals surface area (Å²) in [6.07, 6.45) is 3.27. The lowest BCUT2D eigenvalue weighted by molar-refractivity contribution is 0.611. The Kier molecular flexibility index (Phi) is 5.47. The van der Waals surface area contributed by atoms with Crippen LogP contribution in [0.25, 0.3) is 11.0 Å². The number of hydrogen-bond donors (Lipinski definition) is 0. The van der Waals surface area contributed by atoms with Crippen molar-refractivity contribution >= 4 is 45.0 Å². The molecule has 0 saturated carbocycles. The highest BCUT2D eigenvalue weighted by Crippen LogP contribution is 2.25. The van der Waals surface area contributed by atoms with Crippen molar-refractivity contribution in [2.24, 2.45) is 0 Å². The lowest BCUT2D eigenvalue weighted by Gasteiger charge is -2.12. The Hall–Kier alpha value is -0.580. The van der Waals surface area contributed by atoms with E-state index in [1.165, 1.54) is 0 Å². The van der Waals surface area contributed by atoms with E-state index in [1.807, 2.05) is 25.1 Å². The molecule has 2 atom stereocenters. The van der Waals surface area contributed by atoms with E-state index < -0.39 is 10.8 Å². The molecule has 3 nitrogen and oxygen atoms in total. The summed E-state index contributed by atoms with van der Waals surface area (Å²) < 4.78 is 13.6. The summed E-state index contributed by atoms with van der Waals surface area (Å²) in [6.45, 7) is 2.76. The second-order valence-corrected chi connectivity index (χ2v) is 7.41. The van der Waals surface area contributed by atoms with Gasteiger partial charge in [-0.05, 0) is 18.6 Å². The molecule has 1 heterocycles. The van der Waals surface area contributed by atoms with Crippen molar-refractivity contribution in [3.8, 4) is 0 Å². The highest BCUT2D eigenvalue weighted by Gasteiger charge is 2.14. The summed E-state index contributed by atoms with van der Waals surface area (Å²) in [5.74, 6) is 1.47. The van der Waals surface area contributed by atoms with Crippen LogP contribution in [0.5, 0.6) is 0 Å². The molecule has 0 aliphatic rings. The molecular formula is C14H18Cl2N2OS. The van der Waals surface area contributed by atoms with Crippen molar-refractivity contribution in [2.45, 2.75) is 31.6 Å². The van der Waals surface area contributed by atoms with Gasteiger partial charge in [0, 0.05) is 41.2 Å². The summed E-state index contributed by atoms with van der Waals surface area (Å²) in [5.41, 5.74) is 1.84. The second-order valence-electron chi connectivity index (χ2n) is 4.82. The lowest BCUT2D eigenvalue weighted by Crippen LogP contribution is -2.14. The fourth-order valence-corrected chi connectivity index (χ4v) is 3.06. The minimum absolute atomic E-state index is 0.152. The van der Waals surface area contributed by atoms with Crippen molar-refractivity contribution in [2.75, 3.05) is 12.1 Å². The average molecular weight is 333 g/mol. The van der Waals surface area contributed by atoms with Gasteiger partial charge in [-0.15, -0.1) is 11.6 Å². The van der Waals surface area contributed by atoms with Gasteiger partial charge in [-0.25, -0.2) is 4.98 Å². The zero-order chi connectivity index (χ0) is 14.7. The summed E-state index contributed by atoms with van der Waals surface area (Å²) in [5, 5.41) is 0.847. The monoisotopic (exact) mass is 332 g/mol. The number of rotatable bonds is 6. The van der Waals surface area contributed by atoms with E-state index in [4.69, 9.17) is 23.2 Å². The lowest BCUT2D eigenvalue weighted by atomic mass is 10.3. The predicted molar refractivity (Wildman–Crippen MR) is 87.3 cm³/mol. The molecule has 1 aromatic carbocycles. The average Bonchev–Trinajstić information content (AvgIpc) is 2.75. The summed E-state index contributed by atoms with van der Waals surface area (Å²) >= 11 is 12.2. The number of halogens is 2. The van der Waals surface area contributed by atoms with Crippen molar-refractivity contribution in [1.29, 1.82) is 0 Å². The Bertz CT molecular complexity index is 627. The van der Waals surface area contributed by atoms with Crippen LogP contribution in [0.15, 0.2) is 18.2 Å². The fraction of sp³-hybridized carbons (Fsp3) is 0.500. The topological polar surface area (TPSA) is 34.9 Å². The Morgan fingerprint density at radius 3 is 2.85 bits per heavy atom. The molecule has 2 unspecified atom stereocenters. The zero-order valence-electron chi connectivity index (χ0n) is 11.6. The Balaban J connectivity index is 2.37. The zero-order valence-corrected chi connectivity index (χ0v) is 13.9. The molecule has 6 heteroatoms. The van der Waals surface area contributed by atoms with Crippen LogP contribution < -0.4 is 0 Å². The predicted octanol–water partition coefficient (Wildman–Crippen LogP) is 3.63. The number of nitrogens with zero attached hydrogens (tertiary/aromatic N) is 2. The van der Waals surface area contributed by atoms with Gasteiger partial charge in [0.05, 0.1) is 16.1 Å². The van der Waals surface area contributed by atoms with Crippen LogP contribution in [0.1, 0.15) is 19.2 Å². The van der Waals surface area contributed by atoms with Gasteiger partial charge >= 0.3 is 0 Å². The van der Waals surface area contributed by atoms with Crippen LogP contribution in [0.4, 0.5) is 0 Å². The minimum Gasteiger partial charge on any atom is -0.327 e. The third-order valence-electron chi connectivity index (χ3n) is 3.44. The number of fused-ring (bicyclic) bond motifs is 1. The molecule has 2 rings (SSSR count). The number of aromatic nitrogens is 2. The van der Waals surface area contributed by atoms with Gasteiger partial charge in [0.25, 0.3) is 0 Å². The third-order valence-corrected chi connectivity index (χ3v) is 5.30. The summed E-state index contributed by atoms with van der Waals surface area (Å²) in [6, 6.07) is 5.72. The maximum absolute atomic E-state index is 11.5. The molecule has 0 spiro atoms. The van der Waals surface area contributed by atoms with Crippen LogP contribution in [-0.2, 0) is 23.8 Å². The molecule has 20 heavy (non-hydrogen) atoms. The van der Waals surface area contributed by atoms with Crippen molar-refractivity contribution in [3.05, 3.63) is 29.0 Å². The summed E-state index contributed by atoms with van der Waals surface area (Å²) in [7, 11) is -0.814. The normalized spacial score (nSPS) is 14.6. The van der Waals surface area contributed by atoms with Crippen LogP contribution in [0.3, 0.4) is 0 Å². The third kappa shape index (κ3) is 3.35. The quantitative estimate of drug-likeness (QED) is 0.757. The Morgan fingerprint density at radius 2 is 2.20 bits per heavy atom. The SMILES string of the molecule is CC(CCn1c(CCCl)nc2cccc(Cl)c21)S(C)=O. The van der Waals surface area contributed by atoms with Gasteiger partial charge in [-0.1, -0.05) is 24.6 Å². The first-order chi connectivity index (χ1) is 9.54. The number of para-hydroxylation sites is 1. The molecule has 0 amide bonds. The largest absolute Gasteiger partial charge is 0.327 e. The van der Waals surface area contributed by atoms with Gasteiger partial charge in [0.15, 0.2) is 0 Å². The molecule has 0 N–H and O–H groups in total. The first kappa shape index (κ1) is 15.8. The molecule has 0 fully saturated rings. The van der Waals surface area contributed by atoms with Gasteiger partial charge in [-0.3, -0.25) is 4.21 Å². The van der Waals surface area contributed by atoms with E-state index in [1.54, 1.807) is 6.26 Å². The highest BCUT2D eigenvalue weighted by atomic mass is 35.5. The van der Waals surface area contributed by atoms with E-state index in [0.717, 1.165) is 29.8 Å². The van der Waals surface area contributed by atoms with E-state index in [9.17, 15) is 4.21 Å². The van der Waals surface area contributed by atoms with Gasteiger partial charge in [0.2, 0.25) is 0 Å². The van der Waals surface area contributed by atoms with E-state index in [0.29, 0.717) is 17.3 Å². The fourth-order valence-electron chi connectivity index (χ4n) is 2.18. The molecule has 0 radical (unpaired) electrons. The number of alkyl halides is 1. The van der Waals surface area contributed by atoms with Crippen molar-refractivity contribution in [1.82, 2.24) is 9.55 Å². The van der Waals surface area contributed by atoms with Crippen molar-refractivity contribution in [3.63, 3.8) is 0 Å². The smallest absolute Gasteiger partial charge is 0.111 e. The molecule has 0 aliphatic heterocycles. The first-order valence-electron chi connectivity index (χ1n) is 6.56. The maximum Gasteiger partial charge on any atom is 0.111 e. The minimum atomic E-state index is -0.814. The molecule has 2 aromatic rings. The second kappa shape index (κ2) is 6.92. The Labute approximate surface area is 131 Å². The molecular weight excluding hydrogens is 315 g/mol. The highest BCUT2D eigenvalue weighted by molar-refractivity contribution is 7.84. The molecule has 0 saturated heterocycles. The van der Waals surface area contributed by atoms with Crippen molar-refractivity contribution < 1.29 is 4.21 Å². The molecule has 1 aromatic heterocycles. The van der Waals surface area contributed by atoms with E-state index in [2.05, 4.69) is 9.55 Å². The van der Waals surface area contributed by atoms with E-state index in [-0.39, 0.29) is 5.25 Å². The van der Waals surface area contributed by atoms with E-state index >= 15 is 0 Å². The first-order valence-corrected chi connectivity index (χ1v) is 9.09. The van der Waals surface area contributed by atoms with Gasteiger partial charge in [-0.2, -0.15) is 0 Å². The molecule has 0 aliphatic carbocycles. The maximum atomic E-state index is 11.5. The van der Waals surface area contributed by atoms with Crippen LogP contribution in [-0.4, -0.2) is 31.1 Å². The molecule has 0 bridgehead atoms. The van der Waals surface area contributed by atoms with Gasteiger partial charge in [0.1, 0.15) is 5.82 Å². The number of imidazole rings is 1. The van der Waals surface area contributed by atoms with Gasteiger partial charge < -0.3 is 4.57 Å².